The molecular weight excluding hydrogens is 402 g/mol. The Morgan fingerprint density at radius 1 is 1.23 bits per heavy atom. The molecule has 4 heterocycles. The largest absolute Gasteiger partial charge is 0.477 e. The zero-order valence-electron chi connectivity index (χ0n) is 15.5. The Balaban J connectivity index is 1.93. The molecule has 0 aliphatic carbocycles. The summed E-state index contributed by atoms with van der Waals surface area (Å²) in [5, 5.41) is 10.9. The van der Waals surface area contributed by atoms with Gasteiger partial charge in [0.05, 0.1) is 26.8 Å². The van der Waals surface area contributed by atoms with E-state index in [1.807, 2.05) is 12.1 Å². The van der Waals surface area contributed by atoms with Gasteiger partial charge in [0.25, 0.3) is 5.56 Å². The molecule has 0 bridgehead atoms. The number of nitrogen functional groups attached to an aromatic ring is 1. The third-order valence-corrected chi connectivity index (χ3v) is 5.86. The number of hydrogen-bond donors (Lipinski definition) is 3. The van der Waals surface area contributed by atoms with E-state index in [1.165, 1.54) is 17.5 Å². The Labute approximate surface area is 173 Å². The van der Waals surface area contributed by atoms with Gasteiger partial charge in [0.2, 0.25) is 0 Å². The number of rotatable bonds is 4. The second-order valence-electron chi connectivity index (χ2n) is 6.78. The molecule has 0 saturated carbocycles. The molecule has 30 heavy (non-hydrogen) atoms. The fourth-order valence-corrected chi connectivity index (χ4v) is 4.64. The number of H-pyrrole nitrogens is 1. The van der Waals surface area contributed by atoms with Gasteiger partial charge in [-0.2, -0.15) is 0 Å². The van der Waals surface area contributed by atoms with Gasteiger partial charge in [0.1, 0.15) is 11.5 Å². The Kier molecular flexibility index (Phi) is 4.11. The number of thiazole rings is 1. The predicted octanol–water partition coefficient (Wildman–Crippen LogP) is 3.33. The zero-order valence-corrected chi connectivity index (χ0v) is 16.3. The van der Waals surface area contributed by atoms with Crippen molar-refractivity contribution in [1.29, 1.82) is 0 Å². The molecule has 9 heteroatoms. The minimum Gasteiger partial charge on any atom is -0.477 e. The van der Waals surface area contributed by atoms with Crippen molar-refractivity contribution in [3.05, 3.63) is 75.9 Å². The molecule has 5 aromatic rings. The Hall–Kier alpha value is -3.98. The minimum absolute atomic E-state index is 0.0398. The van der Waals surface area contributed by atoms with Gasteiger partial charge in [0.15, 0.2) is 0 Å². The van der Waals surface area contributed by atoms with Crippen LogP contribution in [0.15, 0.2) is 59.1 Å². The predicted molar refractivity (Wildman–Crippen MR) is 116 cm³/mol. The number of aromatic nitrogens is 4. The molecule has 8 nitrogen and oxygen atoms in total. The summed E-state index contributed by atoms with van der Waals surface area (Å²) in [5.41, 5.74) is 10.2. The summed E-state index contributed by atoms with van der Waals surface area (Å²) in [4.78, 5) is 36.1. The van der Waals surface area contributed by atoms with Gasteiger partial charge in [-0.25, -0.2) is 14.8 Å². The first kappa shape index (κ1) is 18.1. The lowest BCUT2D eigenvalue weighted by Gasteiger charge is -2.10. The van der Waals surface area contributed by atoms with Gasteiger partial charge in [-0.1, -0.05) is 0 Å². The van der Waals surface area contributed by atoms with Gasteiger partial charge in [-0.3, -0.25) is 4.79 Å². The smallest absolute Gasteiger partial charge is 0.353 e. The molecule has 0 atom stereocenters. The number of nitrogens with one attached hydrogen (secondary N) is 1. The Morgan fingerprint density at radius 3 is 2.87 bits per heavy atom. The van der Waals surface area contributed by atoms with Crippen molar-refractivity contribution < 1.29 is 9.90 Å². The highest BCUT2D eigenvalue weighted by molar-refractivity contribution is 7.17. The van der Waals surface area contributed by atoms with Crippen molar-refractivity contribution in [2.24, 2.45) is 0 Å². The monoisotopic (exact) mass is 417 g/mol. The molecule has 5 rings (SSSR count). The van der Waals surface area contributed by atoms with Crippen LogP contribution in [0.3, 0.4) is 0 Å². The van der Waals surface area contributed by atoms with Crippen molar-refractivity contribution >= 4 is 44.2 Å². The second kappa shape index (κ2) is 6.82. The summed E-state index contributed by atoms with van der Waals surface area (Å²) in [6.07, 6.45) is 3.11. The maximum absolute atomic E-state index is 12.6. The first-order valence-electron chi connectivity index (χ1n) is 9.05. The van der Waals surface area contributed by atoms with E-state index < -0.39 is 5.97 Å². The third kappa shape index (κ3) is 2.75. The molecule has 0 fully saturated rings. The standard InChI is InChI=1S/C21H15N5O3S/c22-15-8-11(5-7-23-15)9-26-14-4-3-13-19(30-10-25-13)17(14)16(18(26)21(28)29)12-2-1-6-24-20(12)27/h1-8,10H,9H2,(H2,22,23)(H,24,27)(H,28,29). The lowest BCUT2D eigenvalue weighted by atomic mass is 10.0. The van der Waals surface area contributed by atoms with E-state index in [0.717, 1.165) is 15.8 Å². The zero-order chi connectivity index (χ0) is 20.8. The lowest BCUT2D eigenvalue weighted by Crippen LogP contribution is -2.13. The highest BCUT2D eigenvalue weighted by atomic mass is 32.1. The van der Waals surface area contributed by atoms with Crippen LogP contribution in [-0.4, -0.2) is 30.6 Å². The number of fused-ring (bicyclic) bond motifs is 3. The first-order valence-corrected chi connectivity index (χ1v) is 9.92. The van der Waals surface area contributed by atoms with Crippen LogP contribution in [-0.2, 0) is 6.54 Å². The van der Waals surface area contributed by atoms with E-state index >= 15 is 0 Å². The van der Waals surface area contributed by atoms with Crippen LogP contribution in [0.1, 0.15) is 16.1 Å². The van der Waals surface area contributed by atoms with Crippen LogP contribution >= 0.6 is 11.3 Å². The average molecular weight is 417 g/mol. The highest BCUT2D eigenvalue weighted by Crippen LogP contribution is 2.40. The number of aromatic carboxylic acids is 1. The molecule has 0 aliphatic rings. The van der Waals surface area contributed by atoms with Crippen LogP contribution in [0.25, 0.3) is 32.2 Å². The van der Waals surface area contributed by atoms with Crippen molar-refractivity contribution in [3.8, 4) is 11.1 Å². The van der Waals surface area contributed by atoms with Crippen LogP contribution in [0, 0.1) is 0 Å². The van der Waals surface area contributed by atoms with Crippen LogP contribution < -0.4 is 11.3 Å². The summed E-state index contributed by atoms with van der Waals surface area (Å²) in [6, 6.07) is 10.5. The van der Waals surface area contributed by atoms with Crippen LogP contribution in [0.5, 0.6) is 0 Å². The average Bonchev–Trinajstić information content (AvgIpc) is 3.31. The molecular formula is C21H15N5O3S. The normalized spacial score (nSPS) is 11.3. The maximum Gasteiger partial charge on any atom is 0.353 e. The fraction of sp³-hybridized carbons (Fsp3) is 0.0476. The number of anilines is 1. The van der Waals surface area contributed by atoms with Gasteiger partial charge >= 0.3 is 5.97 Å². The molecule has 4 aromatic heterocycles. The number of carboxylic acid groups (broad SMARTS) is 1. The van der Waals surface area contributed by atoms with E-state index in [9.17, 15) is 14.7 Å². The molecule has 4 N–H and O–H groups in total. The molecule has 0 unspecified atom stereocenters. The van der Waals surface area contributed by atoms with Crippen molar-refractivity contribution in [1.82, 2.24) is 19.5 Å². The van der Waals surface area contributed by atoms with E-state index in [1.54, 1.807) is 40.5 Å². The molecule has 0 amide bonds. The maximum atomic E-state index is 12.6. The highest BCUT2D eigenvalue weighted by Gasteiger charge is 2.27. The number of hydrogen-bond acceptors (Lipinski definition) is 6. The molecule has 0 aliphatic heterocycles. The van der Waals surface area contributed by atoms with Crippen LogP contribution in [0.2, 0.25) is 0 Å². The summed E-state index contributed by atoms with van der Waals surface area (Å²) < 4.78 is 2.54. The molecule has 0 saturated heterocycles. The van der Waals surface area contributed by atoms with Crippen LogP contribution in [0.4, 0.5) is 5.82 Å². The Bertz CT molecular complexity index is 1500. The molecule has 1 aromatic carbocycles. The molecule has 0 radical (unpaired) electrons. The number of aromatic amines is 1. The van der Waals surface area contributed by atoms with E-state index in [2.05, 4.69) is 15.0 Å². The second-order valence-corrected chi connectivity index (χ2v) is 7.63. The van der Waals surface area contributed by atoms with Crippen molar-refractivity contribution in [3.63, 3.8) is 0 Å². The first-order chi connectivity index (χ1) is 14.5. The number of pyridine rings is 2. The number of nitrogens with zero attached hydrogens (tertiary/aromatic N) is 3. The molecule has 148 valence electrons. The number of benzene rings is 1. The summed E-state index contributed by atoms with van der Waals surface area (Å²) in [7, 11) is 0. The van der Waals surface area contributed by atoms with E-state index in [4.69, 9.17) is 5.73 Å². The van der Waals surface area contributed by atoms with E-state index in [-0.39, 0.29) is 17.8 Å². The SMILES string of the molecule is Nc1cc(Cn2c(C(=O)O)c(-c3ccc[nH]c3=O)c3c4scnc4ccc32)ccn1. The van der Waals surface area contributed by atoms with E-state index in [0.29, 0.717) is 27.8 Å². The fourth-order valence-electron chi connectivity index (χ4n) is 3.80. The number of carboxylic acids is 1. The quantitative estimate of drug-likeness (QED) is 0.412. The van der Waals surface area contributed by atoms with Gasteiger partial charge in [0, 0.05) is 29.9 Å². The summed E-state index contributed by atoms with van der Waals surface area (Å²) in [6.45, 7) is 0.264. The van der Waals surface area contributed by atoms with Crippen molar-refractivity contribution in [2.45, 2.75) is 6.54 Å². The summed E-state index contributed by atoms with van der Waals surface area (Å²) >= 11 is 1.41. The number of carbonyl (C=O) groups is 1. The van der Waals surface area contributed by atoms with Crippen molar-refractivity contribution in [2.75, 3.05) is 5.73 Å². The lowest BCUT2D eigenvalue weighted by molar-refractivity contribution is 0.0687. The van der Waals surface area contributed by atoms with Gasteiger partial charge in [-0.15, -0.1) is 11.3 Å². The van der Waals surface area contributed by atoms with Gasteiger partial charge < -0.3 is 20.4 Å². The summed E-state index contributed by atoms with van der Waals surface area (Å²) in [5.74, 6) is -0.769. The topological polar surface area (TPSA) is 127 Å². The molecule has 0 spiro atoms. The third-order valence-electron chi connectivity index (χ3n) is 5.00. The minimum atomic E-state index is -1.12. The number of nitrogens with two attached hydrogens (primary N) is 1. The Morgan fingerprint density at radius 2 is 2.10 bits per heavy atom. The van der Waals surface area contributed by atoms with Gasteiger partial charge in [-0.05, 0) is 42.0 Å².